The summed E-state index contributed by atoms with van der Waals surface area (Å²) in [4.78, 5) is 65.7. The Hall–Kier alpha value is -2.30. The van der Waals surface area contributed by atoms with Crippen LogP contribution >= 0.6 is 12.6 Å². The monoisotopic (exact) mass is 499 g/mol. The normalized spacial score (nSPS) is 19.4. The van der Waals surface area contributed by atoms with Gasteiger partial charge in [0.1, 0.15) is 17.6 Å². The molecular weight excluding hydrogens is 458 g/mol. The van der Waals surface area contributed by atoms with E-state index in [1.54, 1.807) is 20.9 Å². The first kappa shape index (κ1) is 29.7. The van der Waals surface area contributed by atoms with Crippen molar-refractivity contribution in [2.45, 2.75) is 84.2 Å². The highest BCUT2D eigenvalue weighted by Crippen LogP contribution is 2.26. The maximum Gasteiger partial charge on any atom is 0.327 e. The number of hydrogen-bond donors (Lipinski definition) is 4. The van der Waals surface area contributed by atoms with Crippen LogP contribution in [0.25, 0.3) is 0 Å². The SMILES string of the molecule is CCC(C)[C@H](NC(=O)[C@@H](S)CCN1C(=O)N(C)C(C)(C)C1=O)C(=O)N[C@H](C(=O)NC)C(C)(C)C. The van der Waals surface area contributed by atoms with Gasteiger partial charge in [-0.15, -0.1) is 0 Å². The number of thiol groups is 1. The lowest BCUT2D eigenvalue weighted by molar-refractivity contribution is -0.134. The molecule has 0 aromatic carbocycles. The first-order chi connectivity index (χ1) is 15.5. The molecule has 1 fully saturated rings. The lowest BCUT2D eigenvalue weighted by Gasteiger charge is -2.33. The molecule has 3 N–H and O–H groups in total. The van der Waals surface area contributed by atoms with Gasteiger partial charge < -0.3 is 20.9 Å². The molecule has 6 amide bonds. The Morgan fingerprint density at radius 3 is 2.03 bits per heavy atom. The van der Waals surface area contributed by atoms with Crippen LogP contribution in [0.1, 0.15) is 61.3 Å². The molecule has 0 saturated carbocycles. The molecule has 34 heavy (non-hydrogen) atoms. The highest BCUT2D eigenvalue weighted by atomic mass is 32.1. The summed E-state index contributed by atoms with van der Waals surface area (Å²) in [6, 6.07) is -2.08. The van der Waals surface area contributed by atoms with Crippen molar-refractivity contribution >= 4 is 42.3 Å². The van der Waals surface area contributed by atoms with Gasteiger partial charge in [0.2, 0.25) is 17.7 Å². The molecule has 0 aromatic heterocycles. The number of imide groups is 1. The zero-order chi connectivity index (χ0) is 26.6. The number of nitrogens with one attached hydrogen (secondary N) is 3. The molecule has 10 nitrogen and oxygen atoms in total. The van der Waals surface area contributed by atoms with E-state index in [2.05, 4.69) is 28.6 Å². The molecule has 11 heteroatoms. The average Bonchev–Trinajstić information content (AvgIpc) is 2.91. The Bertz CT molecular complexity index is 810. The lowest BCUT2D eigenvalue weighted by atomic mass is 9.85. The first-order valence-electron chi connectivity index (χ1n) is 11.6. The van der Waals surface area contributed by atoms with Crippen LogP contribution in [0.2, 0.25) is 0 Å². The summed E-state index contributed by atoms with van der Waals surface area (Å²) >= 11 is 4.36. The van der Waals surface area contributed by atoms with Crippen LogP contribution in [0, 0.1) is 11.3 Å². The highest BCUT2D eigenvalue weighted by molar-refractivity contribution is 7.81. The molecule has 0 aromatic rings. The number of rotatable bonds is 10. The first-order valence-corrected chi connectivity index (χ1v) is 12.1. The van der Waals surface area contributed by atoms with Crippen LogP contribution in [0.3, 0.4) is 0 Å². The van der Waals surface area contributed by atoms with E-state index >= 15 is 0 Å². The van der Waals surface area contributed by atoms with Gasteiger partial charge in [-0.25, -0.2) is 4.79 Å². The second-order valence-corrected chi connectivity index (χ2v) is 11.1. The zero-order valence-corrected chi connectivity index (χ0v) is 22.7. The molecule has 1 rings (SSSR count). The van der Waals surface area contributed by atoms with Crippen molar-refractivity contribution < 1.29 is 24.0 Å². The Morgan fingerprint density at radius 2 is 1.62 bits per heavy atom. The molecule has 0 aliphatic carbocycles. The maximum atomic E-state index is 13.1. The van der Waals surface area contributed by atoms with Crippen LogP contribution in [0.15, 0.2) is 0 Å². The molecule has 0 bridgehead atoms. The zero-order valence-electron chi connectivity index (χ0n) is 21.8. The molecule has 1 heterocycles. The van der Waals surface area contributed by atoms with E-state index in [9.17, 15) is 24.0 Å². The Kier molecular flexibility index (Phi) is 9.98. The topological polar surface area (TPSA) is 128 Å². The van der Waals surface area contributed by atoms with Crippen LogP contribution in [-0.2, 0) is 19.2 Å². The summed E-state index contributed by atoms with van der Waals surface area (Å²) in [6.07, 6.45) is 0.752. The summed E-state index contributed by atoms with van der Waals surface area (Å²) < 4.78 is 0. The fourth-order valence-corrected chi connectivity index (χ4v) is 3.75. The van der Waals surface area contributed by atoms with Gasteiger partial charge >= 0.3 is 6.03 Å². The van der Waals surface area contributed by atoms with E-state index in [0.29, 0.717) is 6.42 Å². The van der Waals surface area contributed by atoms with Gasteiger partial charge in [0.05, 0.1) is 5.25 Å². The van der Waals surface area contributed by atoms with Crippen LogP contribution in [0.4, 0.5) is 4.79 Å². The van der Waals surface area contributed by atoms with Gasteiger partial charge in [-0.1, -0.05) is 41.0 Å². The van der Waals surface area contributed by atoms with Gasteiger partial charge in [0.15, 0.2) is 0 Å². The molecular formula is C23H41N5O5S. The summed E-state index contributed by atoms with van der Waals surface area (Å²) in [5, 5.41) is 7.24. The van der Waals surface area contributed by atoms with Gasteiger partial charge in [-0.2, -0.15) is 12.6 Å². The number of urea groups is 1. The Balaban J connectivity index is 2.89. The van der Waals surface area contributed by atoms with E-state index < -0.39 is 46.1 Å². The summed E-state index contributed by atoms with van der Waals surface area (Å²) in [5.41, 5.74) is -1.48. The Labute approximate surface area is 208 Å². The quantitative estimate of drug-likeness (QED) is 0.265. The molecule has 4 atom stereocenters. The number of hydrogen-bond acceptors (Lipinski definition) is 6. The smallest absolute Gasteiger partial charge is 0.327 e. The van der Waals surface area contributed by atoms with Crippen LogP contribution in [-0.4, -0.2) is 83.0 Å². The highest BCUT2D eigenvalue weighted by Gasteiger charge is 2.49. The summed E-state index contributed by atoms with van der Waals surface area (Å²) in [5.74, 6) is -1.80. The number of likely N-dealkylation sites (N-methyl/N-ethyl adjacent to an activating group) is 2. The minimum absolute atomic E-state index is 0.0377. The van der Waals surface area contributed by atoms with E-state index in [4.69, 9.17) is 0 Å². The maximum absolute atomic E-state index is 13.1. The Morgan fingerprint density at radius 1 is 1.06 bits per heavy atom. The number of carbonyl (C=O) groups excluding carboxylic acids is 5. The van der Waals surface area contributed by atoms with E-state index in [1.165, 1.54) is 11.9 Å². The lowest BCUT2D eigenvalue weighted by Crippen LogP contribution is -2.59. The van der Waals surface area contributed by atoms with Gasteiger partial charge in [-0.05, 0) is 31.6 Å². The van der Waals surface area contributed by atoms with E-state index in [-0.39, 0.29) is 30.7 Å². The van der Waals surface area contributed by atoms with Crippen molar-refractivity contribution in [3.63, 3.8) is 0 Å². The minimum atomic E-state index is -0.945. The second kappa shape index (κ2) is 11.4. The van der Waals surface area contributed by atoms with Crippen molar-refractivity contribution in [3.8, 4) is 0 Å². The van der Waals surface area contributed by atoms with Crippen molar-refractivity contribution in [1.29, 1.82) is 0 Å². The standard InChI is InChI=1S/C23H41N5O5S/c1-10-13(2)15(18(30)26-16(19(31)24-8)22(3,4)5)25-17(29)14(34)11-12-28-20(32)23(6,7)27(9)21(28)33/h13-16,34H,10-12H2,1-9H3,(H,24,31)(H,25,29)(H,26,30)/t13?,14-,15-,16+/m0/s1. The molecule has 194 valence electrons. The third kappa shape index (κ3) is 6.64. The largest absolute Gasteiger partial charge is 0.357 e. The fourth-order valence-electron chi connectivity index (χ4n) is 3.56. The number of amides is 6. The minimum Gasteiger partial charge on any atom is -0.357 e. The average molecular weight is 500 g/mol. The van der Waals surface area contributed by atoms with Crippen LogP contribution in [0.5, 0.6) is 0 Å². The predicted molar refractivity (Wildman–Crippen MR) is 133 cm³/mol. The van der Waals surface area contributed by atoms with E-state index in [0.717, 1.165) is 4.90 Å². The van der Waals surface area contributed by atoms with E-state index in [1.807, 2.05) is 34.6 Å². The summed E-state index contributed by atoms with van der Waals surface area (Å²) in [6.45, 7) is 12.6. The van der Waals surface area contributed by atoms with Crippen molar-refractivity contribution in [2.24, 2.45) is 11.3 Å². The predicted octanol–water partition coefficient (Wildman–Crippen LogP) is 1.16. The number of nitrogens with zero attached hydrogens (tertiary/aromatic N) is 2. The molecule has 1 unspecified atom stereocenters. The molecule has 1 aliphatic rings. The van der Waals surface area contributed by atoms with Crippen molar-refractivity contribution in [1.82, 2.24) is 25.8 Å². The third-order valence-corrected chi connectivity index (χ3v) is 7.00. The molecule has 1 aliphatic heterocycles. The van der Waals surface area contributed by atoms with Crippen molar-refractivity contribution in [3.05, 3.63) is 0 Å². The van der Waals surface area contributed by atoms with Gasteiger partial charge in [0.25, 0.3) is 5.91 Å². The summed E-state index contributed by atoms with van der Waals surface area (Å²) in [7, 11) is 3.06. The number of carbonyl (C=O) groups is 5. The third-order valence-electron chi connectivity index (χ3n) is 6.51. The van der Waals surface area contributed by atoms with Gasteiger partial charge in [0, 0.05) is 20.6 Å². The fraction of sp³-hybridized carbons (Fsp3) is 0.783. The molecule has 0 radical (unpaired) electrons. The molecule has 1 saturated heterocycles. The van der Waals surface area contributed by atoms with Gasteiger partial charge in [-0.3, -0.25) is 24.1 Å². The van der Waals surface area contributed by atoms with Crippen LogP contribution < -0.4 is 16.0 Å². The molecule has 0 spiro atoms. The second-order valence-electron chi connectivity index (χ2n) is 10.5. The van der Waals surface area contributed by atoms with Crippen molar-refractivity contribution in [2.75, 3.05) is 20.6 Å².